The van der Waals surface area contributed by atoms with Gasteiger partial charge in [-0.15, -0.1) is 0 Å². The molecule has 1 aromatic carbocycles. The van der Waals surface area contributed by atoms with E-state index in [2.05, 4.69) is 22.3 Å². The first-order chi connectivity index (χ1) is 15.0. The smallest absolute Gasteiger partial charge is 0.254 e. The van der Waals surface area contributed by atoms with Gasteiger partial charge in [-0.3, -0.25) is 9.59 Å². The average Bonchev–Trinajstić information content (AvgIpc) is 3.43. The lowest BCUT2D eigenvalue weighted by Crippen LogP contribution is -2.42. The van der Waals surface area contributed by atoms with Gasteiger partial charge in [-0.1, -0.05) is 18.5 Å². The molecule has 0 unspecified atom stereocenters. The van der Waals surface area contributed by atoms with Crippen molar-refractivity contribution >= 4 is 17.6 Å². The Morgan fingerprint density at radius 1 is 1.23 bits per heavy atom. The predicted molar refractivity (Wildman–Crippen MR) is 118 cm³/mol. The normalized spacial score (nSPS) is 13.9. The monoisotopic (exact) mass is 428 g/mol. The molecule has 1 aromatic heterocycles. The zero-order chi connectivity index (χ0) is 22.1. The highest BCUT2D eigenvalue weighted by atomic mass is 16.5. The van der Waals surface area contributed by atoms with Gasteiger partial charge >= 0.3 is 0 Å². The zero-order valence-electron chi connectivity index (χ0n) is 18.4. The van der Waals surface area contributed by atoms with Crippen LogP contribution in [0, 0.1) is 6.92 Å². The first-order valence-electron chi connectivity index (χ1n) is 11.0. The molecule has 0 aliphatic carbocycles. The number of likely N-dealkylation sites (tertiary alicyclic amines) is 1. The molecule has 1 N–H and O–H groups in total. The number of aryl methyl sites for hydroxylation is 1. The molecule has 0 bridgehead atoms. The van der Waals surface area contributed by atoms with E-state index in [0.717, 1.165) is 38.2 Å². The van der Waals surface area contributed by atoms with Crippen LogP contribution in [0.4, 0.5) is 5.82 Å². The number of rotatable bonds is 11. The van der Waals surface area contributed by atoms with Crippen molar-refractivity contribution < 1.29 is 18.8 Å². The number of anilines is 1. The molecule has 2 heterocycles. The maximum Gasteiger partial charge on any atom is 0.254 e. The molecule has 1 aliphatic rings. The average molecular weight is 429 g/mol. The van der Waals surface area contributed by atoms with Gasteiger partial charge in [0.25, 0.3) is 5.91 Å². The highest BCUT2D eigenvalue weighted by molar-refractivity contribution is 5.99. The standard InChI is InChI=1S/C23H32N4O4/c1-3-4-15-30-20-9-7-19(8-10-20)23(29)27(14-13-26-11-5-6-12-26)17-22(28)24-21-16-18(2)31-25-21/h7-10,16H,3-6,11-15,17H2,1-2H3,(H,24,25,28). The molecule has 1 fully saturated rings. The molecule has 0 saturated carbocycles. The maximum atomic E-state index is 13.2. The van der Waals surface area contributed by atoms with Crippen molar-refractivity contribution in [2.24, 2.45) is 0 Å². The lowest BCUT2D eigenvalue weighted by atomic mass is 10.2. The van der Waals surface area contributed by atoms with Crippen molar-refractivity contribution in [1.29, 1.82) is 0 Å². The van der Waals surface area contributed by atoms with Gasteiger partial charge in [0.05, 0.1) is 6.61 Å². The van der Waals surface area contributed by atoms with Crippen molar-refractivity contribution in [3.05, 3.63) is 41.7 Å². The van der Waals surface area contributed by atoms with E-state index in [0.29, 0.717) is 30.3 Å². The third kappa shape index (κ3) is 7.10. The summed E-state index contributed by atoms with van der Waals surface area (Å²) in [5.74, 6) is 1.22. The summed E-state index contributed by atoms with van der Waals surface area (Å²) < 4.78 is 10.7. The second kappa shape index (κ2) is 11.5. The number of hydrogen-bond acceptors (Lipinski definition) is 6. The SMILES string of the molecule is CCCCOc1ccc(C(=O)N(CCN2CCCC2)CC(=O)Nc2cc(C)on2)cc1. The molecule has 0 spiro atoms. The van der Waals surface area contributed by atoms with Crippen molar-refractivity contribution in [3.63, 3.8) is 0 Å². The fourth-order valence-electron chi connectivity index (χ4n) is 3.51. The molecular weight excluding hydrogens is 396 g/mol. The van der Waals surface area contributed by atoms with Crippen LogP contribution in [0.5, 0.6) is 5.75 Å². The van der Waals surface area contributed by atoms with Crippen LogP contribution < -0.4 is 10.1 Å². The largest absolute Gasteiger partial charge is 0.494 e. The van der Waals surface area contributed by atoms with E-state index in [9.17, 15) is 9.59 Å². The maximum absolute atomic E-state index is 13.2. The van der Waals surface area contributed by atoms with Crippen LogP contribution in [0.2, 0.25) is 0 Å². The van der Waals surface area contributed by atoms with Crippen molar-refractivity contribution in [2.75, 3.05) is 44.6 Å². The first-order valence-corrected chi connectivity index (χ1v) is 11.0. The number of nitrogens with one attached hydrogen (secondary N) is 1. The van der Waals surface area contributed by atoms with Gasteiger partial charge in [-0.2, -0.15) is 0 Å². The summed E-state index contributed by atoms with van der Waals surface area (Å²) in [4.78, 5) is 29.6. The topological polar surface area (TPSA) is 87.9 Å². The highest BCUT2D eigenvalue weighted by Gasteiger charge is 2.21. The molecule has 1 saturated heterocycles. The molecule has 1 aliphatic heterocycles. The fourth-order valence-corrected chi connectivity index (χ4v) is 3.51. The Kier molecular flexibility index (Phi) is 8.46. The number of hydrogen-bond donors (Lipinski definition) is 1. The number of nitrogens with zero attached hydrogens (tertiary/aromatic N) is 3. The summed E-state index contributed by atoms with van der Waals surface area (Å²) >= 11 is 0. The molecule has 0 atom stereocenters. The van der Waals surface area contributed by atoms with Gasteiger partial charge in [0.1, 0.15) is 18.1 Å². The third-order valence-corrected chi connectivity index (χ3v) is 5.27. The Hall–Kier alpha value is -2.87. The van der Waals surface area contributed by atoms with Gasteiger partial charge in [0, 0.05) is 24.7 Å². The van der Waals surface area contributed by atoms with Gasteiger partial charge in [0.2, 0.25) is 5.91 Å². The number of carbonyl (C=O) groups excluding carboxylic acids is 2. The molecule has 31 heavy (non-hydrogen) atoms. The summed E-state index contributed by atoms with van der Waals surface area (Å²) in [7, 11) is 0. The molecule has 8 nitrogen and oxygen atoms in total. The van der Waals surface area contributed by atoms with Crippen LogP contribution in [-0.4, -0.2) is 66.1 Å². The van der Waals surface area contributed by atoms with Gasteiger partial charge in [0.15, 0.2) is 5.82 Å². The predicted octanol–water partition coefficient (Wildman–Crippen LogP) is 3.34. The minimum atomic E-state index is -0.303. The number of ether oxygens (including phenoxy) is 1. The number of amides is 2. The van der Waals surface area contributed by atoms with Crippen molar-refractivity contribution in [3.8, 4) is 5.75 Å². The van der Waals surface area contributed by atoms with Crippen LogP contribution >= 0.6 is 0 Å². The van der Waals surface area contributed by atoms with Crippen molar-refractivity contribution in [2.45, 2.75) is 39.5 Å². The van der Waals surface area contributed by atoms with Crippen LogP contribution in [0.25, 0.3) is 0 Å². The molecular formula is C23H32N4O4. The Morgan fingerprint density at radius 2 is 1.97 bits per heavy atom. The van der Waals surface area contributed by atoms with Crippen LogP contribution in [-0.2, 0) is 4.79 Å². The summed E-state index contributed by atoms with van der Waals surface area (Å²) in [5.41, 5.74) is 0.536. The Balaban J connectivity index is 1.63. The molecule has 168 valence electrons. The lowest BCUT2D eigenvalue weighted by Gasteiger charge is -2.25. The zero-order valence-corrected chi connectivity index (χ0v) is 18.4. The van der Waals surface area contributed by atoms with E-state index < -0.39 is 0 Å². The number of benzene rings is 1. The molecule has 8 heteroatoms. The molecule has 2 amide bonds. The highest BCUT2D eigenvalue weighted by Crippen LogP contribution is 2.15. The van der Waals surface area contributed by atoms with Crippen LogP contribution in [0.1, 0.15) is 48.7 Å². The number of aromatic nitrogens is 1. The summed E-state index contributed by atoms with van der Waals surface area (Å²) in [6.45, 7) is 7.79. The van der Waals surface area contributed by atoms with Gasteiger partial charge < -0.3 is 24.4 Å². The van der Waals surface area contributed by atoms with Crippen molar-refractivity contribution in [1.82, 2.24) is 15.0 Å². The summed E-state index contributed by atoms with van der Waals surface area (Å²) in [6, 6.07) is 8.77. The minimum absolute atomic E-state index is 0.0483. The lowest BCUT2D eigenvalue weighted by molar-refractivity contribution is -0.117. The molecule has 0 radical (unpaired) electrons. The summed E-state index contributed by atoms with van der Waals surface area (Å²) in [6.07, 6.45) is 4.42. The second-order valence-corrected chi connectivity index (χ2v) is 7.87. The van der Waals surface area contributed by atoms with E-state index in [1.54, 1.807) is 42.2 Å². The fraction of sp³-hybridized carbons (Fsp3) is 0.522. The van der Waals surface area contributed by atoms with E-state index in [1.807, 2.05) is 0 Å². The number of carbonyl (C=O) groups is 2. The van der Waals surface area contributed by atoms with E-state index >= 15 is 0 Å². The van der Waals surface area contributed by atoms with E-state index in [4.69, 9.17) is 9.26 Å². The first kappa shape index (κ1) is 22.8. The van der Waals surface area contributed by atoms with Crippen LogP contribution in [0.3, 0.4) is 0 Å². The van der Waals surface area contributed by atoms with Gasteiger partial charge in [-0.05, 0) is 63.5 Å². The Labute approximate surface area is 183 Å². The number of unbranched alkanes of at least 4 members (excludes halogenated alkanes) is 1. The Bertz CT molecular complexity index is 844. The molecule has 2 aromatic rings. The summed E-state index contributed by atoms with van der Waals surface area (Å²) in [5, 5.41) is 6.48. The third-order valence-electron chi connectivity index (χ3n) is 5.27. The van der Waals surface area contributed by atoms with E-state index in [-0.39, 0.29) is 18.4 Å². The van der Waals surface area contributed by atoms with E-state index in [1.165, 1.54) is 12.8 Å². The second-order valence-electron chi connectivity index (χ2n) is 7.87. The van der Waals surface area contributed by atoms with Gasteiger partial charge in [-0.25, -0.2) is 0 Å². The molecule has 3 rings (SSSR count). The minimum Gasteiger partial charge on any atom is -0.494 e. The van der Waals surface area contributed by atoms with Crippen LogP contribution in [0.15, 0.2) is 34.9 Å². The quantitative estimate of drug-likeness (QED) is 0.553. The Morgan fingerprint density at radius 3 is 2.61 bits per heavy atom.